The van der Waals surface area contributed by atoms with E-state index in [1.165, 1.54) is 4.90 Å². The van der Waals surface area contributed by atoms with Crippen molar-refractivity contribution in [1.82, 2.24) is 0 Å². The molecule has 0 saturated carbocycles. The summed E-state index contributed by atoms with van der Waals surface area (Å²) in [7, 11) is 0. The Labute approximate surface area is 118 Å². The summed E-state index contributed by atoms with van der Waals surface area (Å²) in [5.74, 6) is -1.31. The summed E-state index contributed by atoms with van der Waals surface area (Å²) in [5.41, 5.74) is 0.696. The highest BCUT2D eigenvalue weighted by Gasteiger charge is 2.31. The number of rotatable bonds is 6. The zero-order valence-corrected chi connectivity index (χ0v) is 11.5. The van der Waals surface area contributed by atoms with Crippen molar-refractivity contribution in [1.29, 1.82) is 0 Å². The molecule has 0 radical (unpaired) electrons. The van der Waals surface area contributed by atoms with Crippen LogP contribution < -0.4 is 14.7 Å². The van der Waals surface area contributed by atoms with E-state index < -0.39 is 11.9 Å². The fourth-order valence-electron chi connectivity index (χ4n) is 2.17. The third-order valence-corrected chi connectivity index (χ3v) is 3.37. The number of carboxylic acid groups (broad SMARTS) is 1. The maximum absolute atomic E-state index is 11.8. The zero-order chi connectivity index (χ0) is 14.5. The molecular weight excluding hydrogens is 258 g/mol. The minimum Gasteiger partial charge on any atom is -0.550 e. The number of benzene rings is 1. The van der Waals surface area contributed by atoms with E-state index >= 15 is 0 Å². The number of unbranched alkanes of at least 4 members (excludes halogenated alkanes) is 1. The molecule has 108 valence electrons. The number of hydrogen-bond acceptors (Lipinski definition) is 4. The van der Waals surface area contributed by atoms with Gasteiger partial charge >= 0.3 is 0 Å². The molecule has 1 aliphatic heterocycles. The quantitative estimate of drug-likeness (QED) is 0.726. The second kappa shape index (κ2) is 6.41. The smallest absolute Gasteiger partial charge is 0.227 e. The number of aliphatic carboxylic acids is 1. The summed E-state index contributed by atoms with van der Waals surface area (Å²) in [5, 5.41) is 10.8. The third-order valence-electron chi connectivity index (χ3n) is 3.37. The van der Waals surface area contributed by atoms with Crippen LogP contribution in [-0.4, -0.2) is 25.0 Å². The second-order valence-electron chi connectivity index (χ2n) is 4.92. The SMILES string of the molecule is CCCCOc1ccc(N2C[C@H](C(=O)[O-])CC2=O)cc1. The van der Waals surface area contributed by atoms with Crippen molar-refractivity contribution in [2.24, 2.45) is 5.92 Å². The Morgan fingerprint density at radius 3 is 2.65 bits per heavy atom. The van der Waals surface area contributed by atoms with Gasteiger partial charge in [-0.15, -0.1) is 0 Å². The van der Waals surface area contributed by atoms with Gasteiger partial charge in [-0.25, -0.2) is 0 Å². The molecule has 1 amide bonds. The van der Waals surface area contributed by atoms with Crippen LogP contribution in [0.4, 0.5) is 5.69 Å². The van der Waals surface area contributed by atoms with Gasteiger partial charge in [0.1, 0.15) is 5.75 Å². The van der Waals surface area contributed by atoms with Crippen LogP contribution in [0.1, 0.15) is 26.2 Å². The molecule has 1 aromatic carbocycles. The zero-order valence-electron chi connectivity index (χ0n) is 11.5. The van der Waals surface area contributed by atoms with E-state index in [9.17, 15) is 14.7 Å². The molecule has 1 heterocycles. The topological polar surface area (TPSA) is 69.7 Å². The van der Waals surface area contributed by atoms with Crippen LogP contribution in [0, 0.1) is 5.92 Å². The summed E-state index contributed by atoms with van der Waals surface area (Å²) < 4.78 is 5.54. The number of carbonyl (C=O) groups is 2. The molecule has 0 spiro atoms. The number of hydrogen-bond donors (Lipinski definition) is 0. The molecule has 1 fully saturated rings. The lowest BCUT2D eigenvalue weighted by Crippen LogP contribution is -2.33. The van der Waals surface area contributed by atoms with Gasteiger partial charge in [0.25, 0.3) is 0 Å². The first-order chi connectivity index (χ1) is 9.61. The number of amides is 1. The Kier molecular flexibility index (Phi) is 4.61. The van der Waals surface area contributed by atoms with E-state index in [4.69, 9.17) is 4.74 Å². The predicted molar refractivity (Wildman–Crippen MR) is 72.3 cm³/mol. The van der Waals surface area contributed by atoms with Crippen molar-refractivity contribution in [2.75, 3.05) is 18.1 Å². The highest BCUT2D eigenvalue weighted by molar-refractivity contribution is 5.98. The number of ether oxygens (including phenoxy) is 1. The van der Waals surface area contributed by atoms with Crippen LogP contribution in [0.5, 0.6) is 5.75 Å². The Hall–Kier alpha value is -2.04. The van der Waals surface area contributed by atoms with Crippen LogP contribution in [-0.2, 0) is 9.59 Å². The van der Waals surface area contributed by atoms with Gasteiger partial charge in [-0.1, -0.05) is 13.3 Å². The number of anilines is 1. The monoisotopic (exact) mass is 276 g/mol. The fourth-order valence-corrected chi connectivity index (χ4v) is 2.17. The summed E-state index contributed by atoms with van der Waals surface area (Å²) in [4.78, 5) is 24.1. The molecule has 0 aromatic heterocycles. The standard InChI is InChI=1S/C15H19NO4/c1-2-3-8-20-13-6-4-12(5-7-13)16-10-11(15(18)19)9-14(16)17/h4-7,11H,2-3,8-10H2,1H3,(H,18,19)/p-1/t11-/m1/s1. The van der Waals surface area contributed by atoms with E-state index in [2.05, 4.69) is 6.92 Å². The minimum atomic E-state index is -1.17. The van der Waals surface area contributed by atoms with Gasteiger partial charge in [0, 0.05) is 30.5 Å². The fraction of sp³-hybridized carbons (Fsp3) is 0.467. The van der Waals surface area contributed by atoms with Crippen LogP contribution in [0.15, 0.2) is 24.3 Å². The molecule has 0 bridgehead atoms. The maximum Gasteiger partial charge on any atom is 0.227 e. The third kappa shape index (κ3) is 3.29. The van der Waals surface area contributed by atoms with E-state index in [1.807, 2.05) is 0 Å². The van der Waals surface area contributed by atoms with Crippen molar-refractivity contribution in [3.05, 3.63) is 24.3 Å². The minimum absolute atomic E-state index is 0.0110. The highest BCUT2D eigenvalue weighted by Crippen LogP contribution is 2.26. The number of nitrogens with zero attached hydrogens (tertiary/aromatic N) is 1. The molecule has 5 heteroatoms. The van der Waals surface area contributed by atoms with Crippen molar-refractivity contribution >= 4 is 17.6 Å². The average Bonchev–Trinajstić information content (AvgIpc) is 2.82. The van der Waals surface area contributed by atoms with Crippen LogP contribution in [0.2, 0.25) is 0 Å². The van der Waals surface area contributed by atoms with Gasteiger partial charge in [0.15, 0.2) is 0 Å². The normalized spacial score (nSPS) is 18.4. The van der Waals surface area contributed by atoms with Gasteiger partial charge < -0.3 is 19.5 Å². The van der Waals surface area contributed by atoms with Crippen molar-refractivity contribution in [2.45, 2.75) is 26.2 Å². The maximum atomic E-state index is 11.8. The highest BCUT2D eigenvalue weighted by atomic mass is 16.5. The molecule has 1 saturated heterocycles. The summed E-state index contributed by atoms with van der Waals surface area (Å²) in [6, 6.07) is 7.14. The molecule has 1 aromatic rings. The molecule has 1 atom stereocenters. The van der Waals surface area contributed by atoms with Crippen molar-refractivity contribution < 1.29 is 19.4 Å². The van der Waals surface area contributed by atoms with Crippen molar-refractivity contribution in [3.63, 3.8) is 0 Å². The largest absolute Gasteiger partial charge is 0.550 e. The first kappa shape index (κ1) is 14.4. The van der Waals surface area contributed by atoms with E-state index in [-0.39, 0.29) is 18.9 Å². The second-order valence-corrected chi connectivity index (χ2v) is 4.92. The first-order valence-corrected chi connectivity index (χ1v) is 6.86. The molecule has 5 nitrogen and oxygen atoms in total. The van der Waals surface area contributed by atoms with Crippen LogP contribution >= 0.6 is 0 Å². The Balaban J connectivity index is 1.99. The lowest BCUT2D eigenvalue weighted by molar-refractivity contribution is -0.310. The van der Waals surface area contributed by atoms with Gasteiger partial charge in [0.05, 0.1) is 6.61 Å². The molecule has 0 aliphatic carbocycles. The van der Waals surface area contributed by atoms with E-state index in [0.29, 0.717) is 12.3 Å². The summed E-state index contributed by atoms with van der Waals surface area (Å²) in [6.45, 7) is 2.95. The lowest BCUT2D eigenvalue weighted by atomic mass is 10.1. The predicted octanol–water partition coefficient (Wildman–Crippen LogP) is 0.968. The molecule has 20 heavy (non-hydrogen) atoms. The Morgan fingerprint density at radius 1 is 1.40 bits per heavy atom. The van der Waals surface area contributed by atoms with Gasteiger partial charge in [-0.05, 0) is 30.7 Å². The molecule has 0 N–H and O–H groups in total. The average molecular weight is 276 g/mol. The number of carboxylic acids is 1. The van der Waals surface area contributed by atoms with E-state index in [1.54, 1.807) is 24.3 Å². The summed E-state index contributed by atoms with van der Waals surface area (Å²) in [6.07, 6.45) is 2.09. The Morgan fingerprint density at radius 2 is 2.10 bits per heavy atom. The Bertz CT molecular complexity index is 483. The van der Waals surface area contributed by atoms with Crippen LogP contribution in [0.25, 0.3) is 0 Å². The number of carbonyl (C=O) groups excluding carboxylic acids is 2. The van der Waals surface area contributed by atoms with Crippen LogP contribution in [0.3, 0.4) is 0 Å². The van der Waals surface area contributed by atoms with Gasteiger partial charge in [0.2, 0.25) is 5.91 Å². The molecular formula is C15H18NO4-. The lowest BCUT2D eigenvalue weighted by Gasteiger charge is -2.17. The molecule has 1 aliphatic rings. The molecule has 2 rings (SSSR count). The van der Waals surface area contributed by atoms with Gasteiger partial charge in [-0.3, -0.25) is 4.79 Å². The van der Waals surface area contributed by atoms with Gasteiger partial charge in [-0.2, -0.15) is 0 Å². The van der Waals surface area contributed by atoms with Crippen molar-refractivity contribution in [3.8, 4) is 5.75 Å². The van der Waals surface area contributed by atoms with E-state index in [0.717, 1.165) is 18.6 Å². The first-order valence-electron chi connectivity index (χ1n) is 6.86. The summed E-state index contributed by atoms with van der Waals surface area (Å²) >= 11 is 0. The molecule has 0 unspecified atom stereocenters.